The van der Waals surface area contributed by atoms with Gasteiger partial charge >= 0.3 is 5.97 Å². The predicted molar refractivity (Wildman–Crippen MR) is 122 cm³/mol. The van der Waals surface area contributed by atoms with Crippen LogP contribution in [0.4, 0.5) is 5.69 Å². The Morgan fingerprint density at radius 1 is 0.969 bits per heavy atom. The molecule has 0 radical (unpaired) electrons. The van der Waals surface area contributed by atoms with Crippen molar-refractivity contribution in [3.8, 4) is 0 Å². The molecule has 0 fully saturated rings. The molecule has 1 aromatic heterocycles. The van der Waals surface area contributed by atoms with Crippen molar-refractivity contribution in [2.45, 2.75) is 11.3 Å². The Kier molecular flexibility index (Phi) is 5.73. The van der Waals surface area contributed by atoms with Crippen LogP contribution in [0.5, 0.6) is 0 Å². The normalized spacial score (nSPS) is 11.4. The molecule has 3 aromatic carbocycles. The number of benzene rings is 3. The van der Waals surface area contributed by atoms with Gasteiger partial charge in [-0.1, -0.05) is 35.9 Å². The fourth-order valence-electron chi connectivity index (χ4n) is 3.28. The highest BCUT2D eigenvalue weighted by molar-refractivity contribution is 7.90. The minimum atomic E-state index is -3.91. The van der Waals surface area contributed by atoms with Gasteiger partial charge in [0.15, 0.2) is 0 Å². The molecular weight excluding hydrogens is 452 g/mol. The molecule has 7 nitrogen and oxygen atoms in total. The van der Waals surface area contributed by atoms with Crippen molar-refractivity contribution in [2.24, 2.45) is 0 Å². The Bertz CT molecular complexity index is 1440. The number of anilines is 1. The van der Waals surface area contributed by atoms with Gasteiger partial charge in [0.2, 0.25) is 0 Å². The van der Waals surface area contributed by atoms with Crippen LogP contribution in [-0.2, 0) is 21.2 Å². The van der Waals surface area contributed by atoms with Crippen LogP contribution in [0, 0.1) is 0 Å². The van der Waals surface area contributed by atoms with E-state index in [0.717, 1.165) is 3.97 Å². The molecule has 4 rings (SSSR count). The van der Waals surface area contributed by atoms with E-state index in [1.165, 1.54) is 24.4 Å². The number of hydrogen-bond donors (Lipinski definition) is 2. The fourth-order valence-corrected chi connectivity index (χ4v) is 4.93. The summed E-state index contributed by atoms with van der Waals surface area (Å²) in [5.74, 6) is -1.36. The lowest BCUT2D eigenvalue weighted by Gasteiger charge is -2.10. The van der Waals surface area contributed by atoms with Crippen molar-refractivity contribution in [1.82, 2.24) is 3.97 Å². The van der Waals surface area contributed by atoms with Gasteiger partial charge in [0, 0.05) is 27.9 Å². The maximum Gasteiger partial charge on any atom is 0.307 e. The second-order valence-corrected chi connectivity index (χ2v) is 9.32. The van der Waals surface area contributed by atoms with Crippen LogP contribution in [0.2, 0.25) is 5.02 Å². The summed E-state index contributed by atoms with van der Waals surface area (Å²) in [6.07, 6.45) is 1.33. The van der Waals surface area contributed by atoms with E-state index in [1.807, 2.05) is 0 Å². The zero-order valence-electron chi connectivity index (χ0n) is 16.5. The van der Waals surface area contributed by atoms with Gasteiger partial charge in [0.25, 0.3) is 15.9 Å². The van der Waals surface area contributed by atoms with Crippen molar-refractivity contribution in [1.29, 1.82) is 0 Å². The standard InChI is InChI=1S/C23H17ClN2O5S/c24-18-2-1-3-20(14-18)32(30,31)26-11-10-16-6-7-17(13-21(16)26)23(29)25-19-8-4-15(5-9-19)12-22(27)28/h1-11,13-14H,12H2,(H,25,29)(H,27,28). The lowest BCUT2D eigenvalue weighted by atomic mass is 10.1. The molecule has 0 bridgehead atoms. The molecule has 9 heteroatoms. The smallest absolute Gasteiger partial charge is 0.307 e. The highest BCUT2D eigenvalue weighted by atomic mass is 35.5. The number of amides is 1. The molecule has 0 aliphatic carbocycles. The average molecular weight is 469 g/mol. The molecule has 2 N–H and O–H groups in total. The molecule has 0 aliphatic rings. The van der Waals surface area contributed by atoms with Gasteiger partial charge in [-0.2, -0.15) is 0 Å². The van der Waals surface area contributed by atoms with Crippen LogP contribution >= 0.6 is 11.6 Å². The predicted octanol–water partition coefficient (Wildman–Crippen LogP) is 4.41. The van der Waals surface area contributed by atoms with Crippen LogP contribution in [0.15, 0.2) is 83.9 Å². The molecule has 0 spiro atoms. The first-order chi connectivity index (χ1) is 15.2. The summed E-state index contributed by atoms with van der Waals surface area (Å²) in [7, 11) is -3.91. The van der Waals surface area contributed by atoms with Gasteiger partial charge in [-0.15, -0.1) is 0 Å². The zero-order chi connectivity index (χ0) is 22.9. The minimum Gasteiger partial charge on any atom is -0.481 e. The molecule has 1 heterocycles. The van der Waals surface area contributed by atoms with E-state index >= 15 is 0 Å². The summed E-state index contributed by atoms with van der Waals surface area (Å²) in [6.45, 7) is 0. The Hall–Kier alpha value is -3.62. The second-order valence-electron chi connectivity index (χ2n) is 7.07. The molecule has 32 heavy (non-hydrogen) atoms. The molecule has 0 saturated heterocycles. The highest BCUT2D eigenvalue weighted by Crippen LogP contribution is 2.25. The Morgan fingerprint density at radius 3 is 2.41 bits per heavy atom. The van der Waals surface area contributed by atoms with E-state index in [-0.39, 0.29) is 16.9 Å². The third kappa shape index (κ3) is 4.37. The van der Waals surface area contributed by atoms with E-state index in [0.29, 0.717) is 27.2 Å². The highest BCUT2D eigenvalue weighted by Gasteiger charge is 2.20. The van der Waals surface area contributed by atoms with Gasteiger partial charge in [-0.05, 0) is 54.1 Å². The number of fused-ring (bicyclic) bond motifs is 1. The van der Waals surface area contributed by atoms with Crippen LogP contribution in [0.1, 0.15) is 15.9 Å². The minimum absolute atomic E-state index is 0.0406. The van der Waals surface area contributed by atoms with Crippen LogP contribution in [0.3, 0.4) is 0 Å². The number of carbonyl (C=O) groups excluding carboxylic acids is 1. The number of rotatable bonds is 6. The first kappa shape index (κ1) is 21.6. The van der Waals surface area contributed by atoms with E-state index in [2.05, 4.69) is 5.32 Å². The Labute approximate surface area is 188 Å². The first-order valence-corrected chi connectivity index (χ1v) is 11.3. The van der Waals surface area contributed by atoms with Gasteiger partial charge < -0.3 is 10.4 Å². The van der Waals surface area contributed by atoms with Crippen LogP contribution in [-0.4, -0.2) is 29.4 Å². The van der Waals surface area contributed by atoms with Gasteiger partial charge in [-0.25, -0.2) is 12.4 Å². The summed E-state index contributed by atoms with van der Waals surface area (Å²) >= 11 is 5.95. The third-order valence-electron chi connectivity index (χ3n) is 4.84. The lowest BCUT2D eigenvalue weighted by molar-refractivity contribution is -0.136. The summed E-state index contributed by atoms with van der Waals surface area (Å²) in [5, 5.41) is 12.5. The quantitative estimate of drug-likeness (QED) is 0.436. The molecular formula is C23H17ClN2O5S. The number of carboxylic acids is 1. The average Bonchev–Trinajstić information content (AvgIpc) is 3.19. The van der Waals surface area contributed by atoms with Gasteiger partial charge in [0.1, 0.15) is 0 Å². The maximum atomic E-state index is 13.1. The fraction of sp³-hybridized carbons (Fsp3) is 0.0435. The number of carboxylic acid groups (broad SMARTS) is 1. The van der Waals surface area contributed by atoms with Crippen molar-refractivity contribution >= 4 is 50.1 Å². The van der Waals surface area contributed by atoms with Gasteiger partial charge in [0.05, 0.1) is 16.8 Å². The zero-order valence-corrected chi connectivity index (χ0v) is 18.1. The molecule has 1 amide bonds. The van der Waals surface area contributed by atoms with Crippen LogP contribution < -0.4 is 5.32 Å². The number of hydrogen-bond acceptors (Lipinski definition) is 4. The monoisotopic (exact) mass is 468 g/mol. The maximum absolute atomic E-state index is 13.1. The summed E-state index contributed by atoms with van der Waals surface area (Å²) in [6, 6.07) is 18.9. The summed E-state index contributed by atoms with van der Waals surface area (Å²) in [4.78, 5) is 23.6. The molecule has 0 aliphatic heterocycles. The summed E-state index contributed by atoms with van der Waals surface area (Å²) in [5.41, 5.74) is 1.73. The number of nitrogens with zero attached hydrogens (tertiary/aromatic N) is 1. The molecule has 0 atom stereocenters. The molecule has 0 unspecified atom stereocenters. The van der Waals surface area contributed by atoms with Crippen molar-refractivity contribution < 1.29 is 23.1 Å². The van der Waals surface area contributed by atoms with Crippen molar-refractivity contribution in [3.05, 3.63) is 95.1 Å². The van der Waals surface area contributed by atoms with E-state index in [9.17, 15) is 18.0 Å². The number of halogens is 1. The molecule has 162 valence electrons. The number of nitrogens with one attached hydrogen (secondary N) is 1. The van der Waals surface area contributed by atoms with Crippen molar-refractivity contribution in [2.75, 3.05) is 5.32 Å². The number of carbonyl (C=O) groups is 2. The molecule has 0 saturated carbocycles. The number of aromatic nitrogens is 1. The van der Waals surface area contributed by atoms with Crippen LogP contribution in [0.25, 0.3) is 10.9 Å². The first-order valence-electron chi connectivity index (χ1n) is 9.48. The topological polar surface area (TPSA) is 105 Å². The largest absolute Gasteiger partial charge is 0.481 e. The van der Waals surface area contributed by atoms with E-state index in [1.54, 1.807) is 54.6 Å². The SMILES string of the molecule is O=C(O)Cc1ccc(NC(=O)c2ccc3ccn(S(=O)(=O)c4cccc(Cl)c4)c3c2)cc1. The lowest BCUT2D eigenvalue weighted by Crippen LogP contribution is -2.14. The Morgan fingerprint density at radius 2 is 1.72 bits per heavy atom. The van der Waals surface area contributed by atoms with Gasteiger partial charge in [-0.3, -0.25) is 9.59 Å². The van der Waals surface area contributed by atoms with E-state index < -0.39 is 21.9 Å². The third-order valence-corrected chi connectivity index (χ3v) is 6.76. The Balaban J connectivity index is 1.64. The number of aliphatic carboxylic acids is 1. The van der Waals surface area contributed by atoms with Crippen molar-refractivity contribution in [3.63, 3.8) is 0 Å². The second kappa shape index (κ2) is 8.49. The molecule has 4 aromatic rings. The summed E-state index contributed by atoms with van der Waals surface area (Å²) < 4.78 is 27.3. The van der Waals surface area contributed by atoms with E-state index in [4.69, 9.17) is 16.7 Å².